The van der Waals surface area contributed by atoms with Crippen molar-refractivity contribution in [2.75, 3.05) is 14.2 Å². The first kappa shape index (κ1) is 11.8. The second kappa shape index (κ2) is 5.12. The quantitative estimate of drug-likeness (QED) is 0.763. The zero-order chi connectivity index (χ0) is 12.3. The SMILES string of the molecule is COC(OC)c1ccc(-c2ccco2)cc1F. The Morgan fingerprint density at radius 2 is 1.94 bits per heavy atom. The number of benzene rings is 1. The van der Waals surface area contributed by atoms with Crippen molar-refractivity contribution in [1.29, 1.82) is 0 Å². The molecule has 0 N–H and O–H groups in total. The fourth-order valence-corrected chi connectivity index (χ4v) is 1.66. The van der Waals surface area contributed by atoms with Crippen LogP contribution in [0.1, 0.15) is 11.9 Å². The predicted octanol–water partition coefficient (Wildman–Crippen LogP) is 3.38. The molecule has 0 bridgehead atoms. The van der Waals surface area contributed by atoms with E-state index in [9.17, 15) is 4.39 Å². The van der Waals surface area contributed by atoms with Gasteiger partial charge in [0.15, 0.2) is 6.29 Å². The summed E-state index contributed by atoms with van der Waals surface area (Å²) in [4.78, 5) is 0. The highest BCUT2D eigenvalue weighted by atomic mass is 19.1. The highest BCUT2D eigenvalue weighted by molar-refractivity contribution is 5.57. The molecule has 90 valence electrons. The summed E-state index contributed by atoms with van der Waals surface area (Å²) in [6.45, 7) is 0. The van der Waals surface area contributed by atoms with Gasteiger partial charge in [0.05, 0.1) is 6.26 Å². The molecule has 1 aromatic carbocycles. The molecule has 2 rings (SSSR count). The van der Waals surface area contributed by atoms with Crippen molar-refractivity contribution in [3.8, 4) is 11.3 Å². The van der Waals surface area contributed by atoms with E-state index in [0.29, 0.717) is 16.9 Å². The van der Waals surface area contributed by atoms with E-state index in [1.165, 1.54) is 20.3 Å². The first-order valence-corrected chi connectivity index (χ1v) is 5.15. The Morgan fingerprint density at radius 1 is 1.18 bits per heavy atom. The smallest absolute Gasteiger partial charge is 0.185 e. The molecule has 0 aliphatic heterocycles. The fraction of sp³-hybridized carbons (Fsp3) is 0.231. The maximum atomic E-state index is 13.9. The Labute approximate surface area is 98.8 Å². The zero-order valence-electron chi connectivity index (χ0n) is 9.64. The van der Waals surface area contributed by atoms with Crippen molar-refractivity contribution in [2.24, 2.45) is 0 Å². The monoisotopic (exact) mass is 236 g/mol. The third kappa shape index (κ3) is 2.38. The van der Waals surface area contributed by atoms with E-state index in [-0.39, 0.29) is 5.82 Å². The molecule has 4 heteroatoms. The summed E-state index contributed by atoms with van der Waals surface area (Å²) in [5, 5.41) is 0. The highest BCUT2D eigenvalue weighted by Gasteiger charge is 2.15. The first-order chi connectivity index (χ1) is 8.26. The van der Waals surface area contributed by atoms with Crippen molar-refractivity contribution in [2.45, 2.75) is 6.29 Å². The van der Waals surface area contributed by atoms with Crippen LogP contribution >= 0.6 is 0 Å². The summed E-state index contributed by atoms with van der Waals surface area (Å²) in [7, 11) is 2.93. The standard InChI is InChI=1S/C13H13FO3/c1-15-13(16-2)10-6-5-9(8-11(10)14)12-4-3-7-17-12/h3-8,13H,1-2H3. The van der Waals surface area contributed by atoms with Crippen molar-refractivity contribution < 1.29 is 18.3 Å². The van der Waals surface area contributed by atoms with Crippen LogP contribution in [0.5, 0.6) is 0 Å². The van der Waals surface area contributed by atoms with Crippen LogP contribution in [0.3, 0.4) is 0 Å². The van der Waals surface area contributed by atoms with Gasteiger partial charge in [-0.25, -0.2) is 4.39 Å². The third-order valence-electron chi connectivity index (χ3n) is 2.49. The molecule has 0 unspecified atom stereocenters. The number of rotatable bonds is 4. The van der Waals surface area contributed by atoms with Crippen LogP contribution in [0.4, 0.5) is 4.39 Å². The Bertz CT molecular complexity index is 475. The maximum absolute atomic E-state index is 13.9. The van der Waals surface area contributed by atoms with Gasteiger partial charge in [-0.2, -0.15) is 0 Å². The lowest BCUT2D eigenvalue weighted by Crippen LogP contribution is -2.06. The lowest BCUT2D eigenvalue weighted by molar-refractivity contribution is -0.107. The van der Waals surface area contributed by atoms with Crippen LogP contribution in [0.2, 0.25) is 0 Å². The Morgan fingerprint density at radius 3 is 2.47 bits per heavy atom. The van der Waals surface area contributed by atoms with Gasteiger partial charge in [0.2, 0.25) is 0 Å². The van der Waals surface area contributed by atoms with Crippen LogP contribution in [-0.4, -0.2) is 14.2 Å². The number of methoxy groups -OCH3 is 2. The van der Waals surface area contributed by atoms with Gasteiger partial charge in [-0.1, -0.05) is 12.1 Å². The van der Waals surface area contributed by atoms with Gasteiger partial charge in [0.1, 0.15) is 11.6 Å². The van der Waals surface area contributed by atoms with E-state index in [4.69, 9.17) is 13.9 Å². The molecule has 0 aliphatic rings. The normalized spacial score (nSPS) is 11.1. The Balaban J connectivity index is 2.35. The minimum atomic E-state index is -0.694. The Kier molecular flexibility index (Phi) is 3.56. The lowest BCUT2D eigenvalue weighted by Gasteiger charge is -2.14. The topological polar surface area (TPSA) is 31.6 Å². The molecule has 1 heterocycles. The second-order valence-electron chi connectivity index (χ2n) is 3.52. The van der Waals surface area contributed by atoms with Crippen molar-refractivity contribution in [1.82, 2.24) is 0 Å². The van der Waals surface area contributed by atoms with Gasteiger partial charge in [-0.15, -0.1) is 0 Å². The first-order valence-electron chi connectivity index (χ1n) is 5.15. The van der Waals surface area contributed by atoms with E-state index in [1.54, 1.807) is 30.5 Å². The van der Waals surface area contributed by atoms with Crippen LogP contribution in [-0.2, 0) is 9.47 Å². The fourth-order valence-electron chi connectivity index (χ4n) is 1.66. The van der Waals surface area contributed by atoms with Crippen LogP contribution < -0.4 is 0 Å². The van der Waals surface area contributed by atoms with Gasteiger partial charge >= 0.3 is 0 Å². The van der Waals surface area contributed by atoms with Crippen LogP contribution in [0.25, 0.3) is 11.3 Å². The van der Waals surface area contributed by atoms with E-state index in [0.717, 1.165) is 0 Å². The van der Waals surface area contributed by atoms with E-state index in [2.05, 4.69) is 0 Å². The molecule has 1 aromatic heterocycles. The largest absolute Gasteiger partial charge is 0.464 e. The molecule has 17 heavy (non-hydrogen) atoms. The molecule has 0 aliphatic carbocycles. The van der Waals surface area contributed by atoms with Crippen LogP contribution in [0, 0.1) is 5.82 Å². The molecule has 0 spiro atoms. The molecular weight excluding hydrogens is 223 g/mol. The maximum Gasteiger partial charge on any atom is 0.185 e. The second-order valence-corrected chi connectivity index (χ2v) is 3.52. The number of furan rings is 1. The average molecular weight is 236 g/mol. The van der Waals surface area contributed by atoms with E-state index >= 15 is 0 Å². The van der Waals surface area contributed by atoms with Crippen molar-refractivity contribution >= 4 is 0 Å². The molecular formula is C13H13FO3. The number of halogens is 1. The van der Waals surface area contributed by atoms with E-state index in [1.807, 2.05) is 0 Å². The number of ether oxygens (including phenoxy) is 2. The summed E-state index contributed by atoms with van der Waals surface area (Å²) in [5.74, 6) is 0.245. The van der Waals surface area contributed by atoms with Gasteiger partial charge in [0, 0.05) is 25.3 Å². The molecule has 0 radical (unpaired) electrons. The summed E-state index contributed by atoms with van der Waals surface area (Å²) >= 11 is 0. The number of hydrogen-bond acceptors (Lipinski definition) is 3. The minimum absolute atomic E-state index is 0.366. The number of hydrogen-bond donors (Lipinski definition) is 0. The third-order valence-corrected chi connectivity index (χ3v) is 2.49. The molecule has 2 aromatic rings. The van der Waals surface area contributed by atoms with Crippen molar-refractivity contribution in [3.63, 3.8) is 0 Å². The van der Waals surface area contributed by atoms with Crippen LogP contribution in [0.15, 0.2) is 41.0 Å². The molecule has 3 nitrogen and oxygen atoms in total. The molecule has 0 amide bonds. The molecule has 0 saturated carbocycles. The highest BCUT2D eigenvalue weighted by Crippen LogP contribution is 2.26. The summed E-state index contributed by atoms with van der Waals surface area (Å²) in [6, 6.07) is 8.33. The molecule has 0 saturated heterocycles. The van der Waals surface area contributed by atoms with Gasteiger partial charge < -0.3 is 13.9 Å². The lowest BCUT2D eigenvalue weighted by atomic mass is 10.1. The summed E-state index contributed by atoms with van der Waals surface area (Å²) in [5.41, 5.74) is 1.05. The van der Waals surface area contributed by atoms with E-state index < -0.39 is 6.29 Å². The molecule has 0 fully saturated rings. The Hall–Kier alpha value is -1.65. The molecule has 0 atom stereocenters. The van der Waals surface area contributed by atoms with Crippen molar-refractivity contribution in [3.05, 3.63) is 48.0 Å². The summed E-state index contributed by atoms with van der Waals surface area (Å²) in [6.07, 6.45) is 0.856. The minimum Gasteiger partial charge on any atom is -0.464 e. The van der Waals surface area contributed by atoms with Gasteiger partial charge in [-0.3, -0.25) is 0 Å². The summed E-state index contributed by atoms with van der Waals surface area (Å²) < 4.78 is 29.1. The van der Waals surface area contributed by atoms with Gasteiger partial charge in [0.25, 0.3) is 0 Å². The van der Waals surface area contributed by atoms with Gasteiger partial charge in [-0.05, 0) is 18.2 Å². The predicted molar refractivity (Wildman–Crippen MR) is 60.9 cm³/mol. The average Bonchev–Trinajstić information content (AvgIpc) is 2.86. The zero-order valence-corrected chi connectivity index (χ0v) is 9.64.